The van der Waals surface area contributed by atoms with Gasteiger partial charge in [0.2, 0.25) is 11.8 Å². The summed E-state index contributed by atoms with van der Waals surface area (Å²) in [5.41, 5.74) is 0. The van der Waals surface area contributed by atoms with Crippen molar-refractivity contribution in [2.75, 3.05) is 46.3 Å². The van der Waals surface area contributed by atoms with Gasteiger partial charge < -0.3 is 20.1 Å². The molecule has 2 N–H and O–H groups in total. The van der Waals surface area contributed by atoms with Gasteiger partial charge in [-0.2, -0.15) is 4.98 Å². The Kier molecular flexibility index (Phi) is 6.65. The molecule has 1 saturated heterocycles. The summed E-state index contributed by atoms with van der Waals surface area (Å²) in [5.74, 6) is 2.68. The Balaban J connectivity index is 1.37. The number of carbonyl (C=O) groups excluding carboxylic acids is 1. The Morgan fingerprint density at radius 1 is 1.30 bits per heavy atom. The maximum absolute atomic E-state index is 11.9. The largest absolute Gasteiger partial charge is 0.356 e. The fraction of sp³-hybridized carbons (Fsp3) is 0.778. The first-order valence-electron chi connectivity index (χ1n) is 9.85. The molecule has 27 heavy (non-hydrogen) atoms. The van der Waals surface area contributed by atoms with Crippen LogP contribution in [-0.4, -0.2) is 84.2 Å². The standard InChI is InChI=1S/C18H31N7O2/c1-13(2)17-22-16(27-23-17)6-7-20-18(19-3)25-10-8-24(9-11-25)12-15(26)21-14-4-5-14/h13-14H,4-12H2,1-3H3,(H,19,20)(H,21,26). The summed E-state index contributed by atoms with van der Waals surface area (Å²) in [5, 5.41) is 10.4. The number of nitrogens with zero attached hydrogens (tertiary/aromatic N) is 5. The maximum Gasteiger partial charge on any atom is 0.234 e. The molecule has 2 aliphatic rings. The second-order valence-electron chi connectivity index (χ2n) is 7.53. The molecule has 1 saturated carbocycles. The Morgan fingerprint density at radius 3 is 2.63 bits per heavy atom. The van der Waals surface area contributed by atoms with Crippen LogP contribution in [-0.2, 0) is 11.2 Å². The van der Waals surface area contributed by atoms with Gasteiger partial charge in [0.25, 0.3) is 0 Å². The van der Waals surface area contributed by atoms with Crippen molar-refractivity contribution in [2.24, 2.45) is 4.99 Å². The van der Waals surface area contributed by atoms with E-state index < -0.39 is 0 Å². The third kappa shape index (κ3) is 5.92. The Morgan fingerprint density at radius 2 is 2.04 bits per heavy atom. The van der Waals surface area contributed by atoms with Crippen molar-refractivity contribution in [1.82, 2.24) is 30.6 Å². The van der Waals surface area contributed by atoms with Gasteiger partial charge in [0.05, 0.1) is 6.54 Å². The van der Waals surface area contributed by atoms with Crippen molar-refractivity contribution >= 4 is 11.9 Å². The summed E-state index contributed by atoms with van der Waals surface area (Å²) >= 11 is 0. The van der Waals surface area contributed by atoms with Crippen LogP contribution >= 0.6 is 0 Å². The van der Waals surface area contributed by atoms with Gasteiger partial charge >= 0.3 is 0 Å². The number of piperazine rings is 1. The summed E-state index contributed by atoms with van der Waals surface area (Å²) in [6, 6.07) is 0.428. The predicted molar refractivity (Wildman–Crippen MR) is 103 cm³/mol. The van der Waals surface area contributed by atoms with Crippen LogP contribution in [0.2, 0.25) is 0 Å². The number of guanidine groups is 1. The van der Waals surface area contributed by atoms with Gasteiger partial charge in [0.15, 0.2) is 11.8 Å². The van der Waals surface area contributed by atoms with E-state index in [9.17, 15) is 4.79 Å². The van der Waals surface area contributed by atoms with E-state index in [2.05, 4.69) is 35.6 Å². The molecule has 1 aliphatic carbocycles. The monoisotopic (exact) mass is 377 g/mol. The number of carbonyl (C=O) groups is 1. The number of hydrogen-bond acceptors (Lipinski definition) is 6. The highest BCUT2D eigenvalue weighted by Crippen LogP contribution is 2.18. The van der Waals surface area contributed by atoms with Crippen molar-refractivity contribution in [2.45, 2.75) is 45.1 Å². The lowest BCUT2D eigenvalue weighted by Crippen LogP contribution is -2.54. The second kappa shape index (κ2) is 9.16. The molecule has 3 rings (SSSR count). The van der Waals surface area contributed by atoms with E-state index in [4.69, 9.17) is 4.52 Å². The van der Waals surface area contributed by atoms with Gasteiger partial charge in [-0.05, 0) is 12.8 Å². The van der Waals surface area contributed by atoms with Crippen molar-refractivity contribution in [3.63, 3.8) is 0 Å². The highest BCUT2D eigenvalue weighted by Gasteiger charge is 2.25. The first kappa shape index (κ1) is 19.6. The molecule has 1 aromatic heterocycles. The highest BCUT2D eigenvalue weighted by atomic mass is 16.5. The number of hydrogen-bond donors (Lipinski definition) is 2. The Labute approximate surface area is 160 Å². The molecule has 150 valence electrons. The molecule has 1 aromatic rings. The van der Waals surface area contributed by atoms with E-state index in [0.717, 1.165) is 50.8 Å². The molecule has 0 atom stereocenters. The van der Waals surface area contributed by atoms with Crippen LogP contribution in [0.4, 0.5) is 0 Å². The third-order valence-electron chi connectivity index (χ3n) is 4.82. The minimum absolute atomic E-state index is 0.147. The van der Waals surface area contributed by atoms with Crippen molar-refractivity contribution in [1.29, 1.82) is 0 Å². The number of rotatable bonds is 7. The average Bonchev–Trinajstić information content (AvgIpc) is 3.32. The molecule has 0 spiro atoms. The summed E-state index contributed by atoms with van der Waals surface area (Å²) in [6.07, 6.45) is 2.92. The molecule has 2 fully saturated rings. The van der Waals surface area contributed by atoms with Crippen LogP contribution in [0, 0.1) is 0 Å². The SMILES string of the molecule is CN=C(NCCc1nc(C(C)C)no1)N1CCN(CC(=O)NC2CC2)CC1. The molecular weight excluding hydrogens is 346 g/mol. The van der Waals surface area contributed by atoms with Crippen LogP contribution in [0.3, 0.4) is 0 Å². The number of amides is 1. The van der Waals surface area contributed by atoms with Crippen LogP contribution in [0.5, 0.6) is 0 Å². The summed E-state index contributed by atoms with van der Waals surface area (Å²) in [4.78, 5) is 25.1. The quantitative estimate of drug-likeness (QED) is 0.517. The topological polar surface area (TPSA) is 98.9 Å². The molecule has 0 unspecified atom stereocenters. The van der Waals surface area contributed by atoms with Gasteiger partial charge in [-0.25, -0.2) is 0 Å². The second-order valence-corrected chi connectivity index (χ2v) is 7.53. The lowest BCUT2D eigenvalue weighted by atomic mass is 10.2. The van der Waals surface area contributed by atoms with E-state index in [1.807, 2.05) is 13.8 Å². The van der Waals surface area contributed by atoms with Crippen LogP contribution in [0.25, 0.3) is 0 Å². The lowest BCUT2D eigenvalue weighted by Gasteiger charge is -2.36. The maximum atomic E-state index is 11.9. The molecule has 1 aliphatic heterocycles. The van der Waals surface area contributed by atoms with Crippen LogP contribution in [0.15, 0.2) is 9.52 Å². The van der Waals surface area contributed by atoms with Crippen molar-refractivity contribution < 1.29 is 9.32 Å². The van der Waals surface area contributed by atoms with Crippen LogP contribution < -0.4 is 10.6 Å². The minimum Gasteiger partial charge on any atom is -0.356 e. The number of nitrogens with one attached hydrogen (secondary N) is 2. The van der Waals surface area contributed by atoms with E-state index in [1.165, 1.54) is 0 Å². The predicted octanol–water partition coefficient (Wildman–Crippen LogP) is 0.207. The Bertz CT molecular complexity index is 646. The zero-order valence-electron chi connectivity index (χ0n) is 16.6. The molecule has 0 bridgehead atoms. The fourth-order valence-electron chi connectivity index (χ4n) is 3.04. The lowest BCUT2D eigenvalue weighted by molar-refractivity contribution is -0.122. The zero-order valence-corrected chi connectivity index (χ0v) is 16.6. The van der Waals surface area contributed by atoms with Gasteiger partial charge in [-0.3, -0.25) is 14.7 Å². The van der Waals surface area contributed by atoms with Gasteiger partial charge in [0.1, 0.15) is 0 Å². The Hall–Kier alpha value is -2.16. The molecule has 0 radical (unpaired) electrons. The molecule has 9 nitrogen and oxygen atoms in total. The van der Waals surface area contributed by atoms with Crippen LogP contribution in [0.1, 0.15) is 44.3 Å². The minimum atomic E-state index is 0.147. The number of aromatic nitrogens is 2. The number of aliphatic imine (C=N–C) groups is 1. The van der Waals surface area contributed by atoms with Crippen molar-refractivity contribution in [3.8, 4) is 0 Å². The fourth-order valence-corrected chi connectivity index (χ4v) is 3.04. The summed E-state index contributed by atoms with van der Waals surface area (Å²) in [7, 11) is 1.79. The zero-order chi connectivity index (χ0) is 19.2. The van der Waals surface area contributed by atoms with Gasteiger partial charge in [0, 0.05) is 58.2 Å². The highest BCUT2D eigenvalue weighted by molar-refractivity contribution is 5.80. The van der Waals surface area contributed by atoms with E-state index >= 15 is 0 Å². The van der Waals surface area contributed by atoms with Gasteiger partial charge in [-0.15, -0.1) is 0 Å². The van der Waals surface area contributed by atoms with E-state index in [-0.39, 0.29) is 11.8 Å². The van der Waals surface area contributed by atoms with Gasteiger partial charge in [-0.1, -0.05) is 19.0 Å². The molecule has 2 heterocycles. The average molecular weight is 377 g/mol. The molecular formula is C18H31N7O2. The van der Waals surface area contributed by atoms with E-state index in [1.54, 1.807) is 7.05 Å². The first-order chi connectivity index (χ1) is 13.0. The van der Waals surface area contributed by atoms with Crippen molar-refractivity contribution in [3.05, 3.63) is 11.7 Å². The third-order valence-corrected chi connectivity index (χ3v) is 4.82. The summed E-state index contributed by atoms with van der Waals surface area (Å²) < 4.78 is 5.27. The molecule has 0 aromatic carbocycles. The first-order valence-corrected chi connectivity index (χ1v) is 9.85. The summed E-state index contributed by atoms with van der Waals surface area (Å²) in [6.45, 7) is 8.71. The molecule has 9 heteroatoms. The normalized spacial score (nSPS) is 18.8. The van der Waals surface area contributed by atoms with E-state index in [0.29, 0.717) is 31.4 Å². The smallest absolute Gasteiger partial charge is 0.234 e. The molecule has 1 amide bonds.